The summed E-state index contributed by atoms with van der Waals surface area (Å²) in [5.74, 6) is 0. The lowest BCUT2D eigenvalue weighted by molar-refractivity contribution is 0.0383. The molecule has 0 fully saturated rings. The second kappa shape index (κ2) is 5.03. The standard InChI is InChI=1S/C6H16NO2P/c1-5(9-3)6(4-8)7(2)10/h5-6,8H,4,10H2,1-3H3. The van der Waals surface area contributed by atoms with Gasteiger partial charge in [-0.1, -0.05) is 9.39 Å². The molecule has 3 nitrogen and oxygen atoms in total. The van der Waals surface area contributed by atoms with E-state index < -0.39 is 0 Å². The summed E-state index contributed by atoms with van der Waals surface area (Å²) in [4.78, 5) is 0. The van der Waals surface area contributed by atoms with Gasteiger partial charge in [0.25, 0.3) is 0 Å². The zero-order chi connectivity index (χ0) is 8.15. The van der Waals surface area contributed by atoms with Gasteiger partial charge in [0.2, 0.25) is 0 Å². The summed E-state index contributed by atoms with van der Waals surface area (Å²) >= 11 is 0. The fourth-order valence-corrected chi connectivity index (χ4v) is 1.10. The van der Waals surface area contributed by atoms with Gasteiger partial charge in [0.15, 0.2) is 0 Å². The second-order valence-electron chi connectivity index (χ2n) is 2.36. The summed E-state index contributed by atoms with van der Waals surface area (Å²) in [7, 11) is 6.04. The van der Waals surface area contributed by atoms with E-state index >= 15 is 0 Å². The Bertz CT molecular complexity index is 89.8. The highest BCUT2D eigenvalue weighted by atomic mass is 31.0. The third-order valence-corrected chi connectivity index (χ3v) is 2.01. The van der Waals surface area contributed by atoms with E-state index in [4.69, 9.17) is 9.84 Å². The fraction of sp³-hybridized carbons (Fsp3) is 1.00. The van der Waals surface area contributed by atoms with Crippen LogP contribution in [0.4, 0.5) is 0 Å². The Morgan fingerprint density at radius 1 is 1.70 bits per heavy atom. The normalized spacial score (nSPS) is 17.4. The maximum atomic E-state index is 8.86. The third-order valence-electron chi connectivity index (χ3n) is 1.62. The van der Waals surface area contributed by atoms with Crippen LogP contribution in [-0.4, -0.2) is 42.7 Å². The number of methoxy groups -OCH3 is 1. The molecular formula is C6H16NO2P. The number of nitrogens with zero attached hydrogens (tertiary/aromatic N) is 1. The molecule has 0 spiro atoms. The minimum absolute atomic E-state index is 0.0625. The van der Waals surface area contributed by atoms with Gasteiger partial charge in [-0.2, -0.15) is 0 Å². The summed E-state index contributed by atoms with van der Waals surface area (Å²) in [5, 5.41) is 8.86. The Kier molecular flexibility index (Phi) is 5.18. The Morgan fingerprint density at radius 3 is 2.30 bits per heavy atom. The van der Waals surface area contributed by atoms with Gasteiger partial charge >= 0.3 is 0 Å². The van der Waals surface area contributed by atoms with Crippen molar-refractivity contribution >= 4 is 9.39 Å². The Balaban J connectivity index is 3.80. The molecule has 1 N–H and O–H groups in total. The Hall–Kier alpha value is 0.310. The van der Waals surface area contributed by atoms with Crippen LogP contribution in [0.3, 0.4) is 0 Å². The van der Waals surface area contributed by atoms with E-state index in [0.717, 1.165) is 0 Å². The molecule has 3 atom stereocenters. The smallest absolute Gasteiger partial charge is 0.0723 e. The molecule has 0 saturated heterocycles. The minimum atomic E-state index is 0.0625. The maximum Gasteiger partial charge on any atom is 0.0723 e. The van der Waals surface area contributed by atoms with Crippen LogP contribution in [0.1, 0.15) is 6.92 Å². The molecule has 0 radical (unpaired) electrons. The zero-order valence-electron chi connectivity index (χ0n) is 6.74. The summed E-state index contributed by atoms with van der Waals surface area (Å²) in [6.07, 6.45) is 0.0625. The lowest BCUT2D eigenvalue weighted by Crippen LogP contribution is -2.38. The van der Waals surface area contributed by atoms with Crippen LogP contribution >= 0.6 is 9.39 Å². The van der Waals surface area contributed by atoms with Crippen LogP contribution < -0.4 is 0 Å². The van der Waals surface area contributed by atoms with Crippen molar-refractivity contribution in [1.29, 1.82) is 0 Å². The van der Waals surface area contributed by atoms with Crippen LogP contribution in [0.5, 0.6) is 0 Å². The van der Waals surface area contributed by atoms with Crippen LogP contribution in [0.2, 0.25) is 0 Å². The molecule has 0 aromatic rings. The van der Waals surface area contributed by atoms with Crippen molar-refractivity contribution in [1.82, 2.24) is 4.67 Å². The molecule has 0 aromatic heterocycles. The SMILES string of the molecule is COC(C)C(CO)N(C)P. The van der Waals surface area contributed by atoms with Gasteiger partial charge in [0, 0.05) is 7.11 Å². The van der Waals surface area contributed by atoms with Gasteiger partial charge in [-0.15, -0.1) is 0 Å². The number of aliphatic hydroxyl groups is 1. The van der Waals surface area contributed by atoms with Crippen LogP contribution in [-0.2, 0) is 4.74 Å². The topological polar surface area (TPSA) is 32.7 Å². The molecule has 3 unspecified atom stereocenters. The van der Waals surface area contributed by atoms with Gasteiger partial charge < -0.3 is 9.84 Å². The lowest BCUT2D eigenvalue weighted by atomic mass is 10.2. The lowest BCUT2D eigenvalue weighted by Gasteiger charge is -2.26. The van der Waals surface area contributed by atoms with Crippen molar-refractivity contribution in [2.75, 3.05) is 20.8 Å². The van der Waals surface area contributed by atoms with Crippen LogP contribution in [0.25, 0.3) is 0 Å². The number of hydrogen-bond donors (Lipinski definition) is 1. The summed E-state index contributed by atoms with van der Waals surface area (Å²) in [5.41, 5.74) is 0. The highest BCUT2D eigenvalue weighted by Gasteiger charge is 2.17. The van der Waals surface area contributed by atoms with E-state index in [1.54, 1.807) is 7.11 Å². The summed E-state index contributed by atoms with van der Waals surface area (Å²) < 4.78 is 6.92. The fourth-order valence-electron chi connectivity index (χ4n) is 0.765. The number of likely N-dealkylation sites (N-methyl/N-ethyl adjacent to an activating group) is 1. The second-order valence-corrected chi connectivity index (χ2v) is 3.17. The largest absolute Gasteiger partial charge is 0.395 e. The highest BCUT2D eigenvalue weighted by Crippen LogP contribution is 2.08. The predicted octanol–water partition coefficient (Wildman–Crippen LogP) is 0.104. The molecule has 0 aliphatic carbocycles. The summed E-state index contributed by atoms with van der Waals surface area (Å²) in [6, 6.07) is 0.0648. The van der Waals surface area contributed by atoms with E-state index in [1.165, 1.54) is 0 Å². The van der Waals surface area contributed by atoms with Gasteiger partial charge in [-0.05, 0) is 14.0 Å². The van der Waals surface area contributed by atoms with Gasteiger partial charge in [0.1, 0.15) is 0 Å². The molecule has 0 aliphatic heterocycles. The molecule has 0 saturated carbocycles. The van der Waals surface area contributed by atoms with Crippen molar-refractivity contribution < 1.29 is 9.84 Å². The molecule has 0 rings (SSSR count). The average molecular weight is 165 g/mol. The zero-order valence-corrected chi connectivity index (χ0v) is 7.90. The van der Waals surface area contributed by atoms with Crippen molar-refractivity contribution in [3.05, 3.63) is 0 Å². The third kappa shape index (κ3) is 2.93. The van der Waals surface area contributed by atoms with Crippen LogP contribution in [0, 0.1) is 0 Å². The van der Waals surface area contributed by atoms with Crippen molar-refractivity contribution in [3.8, 4) is 0 Å². The number of hydrogen-bond acceptors (Lipinski definition) is 3. The molecule has 10 heavy (non-hydrogen) atoms. The van der Waals surface area contributed by atoms with Gasteiger partial charge in [-0.3, -0.25) is 4.67 Å². The first-order valence-corrected chi connectivity index (χ1v) is 3.76. The predicted molar refractivity (Wildman–Crippen MR) is 44.8 cm³/mol. The molecule has 0 aromatic carbocycles. The molecule has 4 heteroatoms. The Labute approximate surface area is 64.6 Å². The number of ether oxygens (including phenoxy) is 1. The van der Waals surface area contributed by atoms with E-state index in [9.17, 15) is 0 Å². The first-order valence-electron chi connectivity index (χ1n) is 3.24. The Morgan fingerprint density at radius 2 is 2.20 bits per heavy atom. The van der Waals surface area contributed by atoms with Gasteiger partial charge in [-0.25, -0.2) is 0 Å². The van der Waals surface area contributed by atoms with E-state index in [-0.39, 0.29) is 18.8 Å². The minimum Gasteiger partial charge on any atom is -0.395 e. The first-order chi connectivity index (χ1) is 4.63. The molecule has 0 bridgehead atoms. The highest BCUT2D eigenvalue weighted by molar-refractivity contribution is 7.13. The van der Waals surface area contributed by atoms with E-state index in [0.29, 0.717) is 0 Å². The quantitative estimate of drug-likeness (QED) is 0.600. The van der Waals surface area contributed by atoms with Gasteiger partial charge in [0.05, 0.1) is 18.8 Å². The van der Waals surface area contributed by atoms with Crippen molar-refractivity contribution in [3.63, 3.8) is 0 Å². The maximum absolute atomic E-state index is 8.86. The molecular weight excluding hydrogens is 149 g/mol. The molecule has 62 valence electrons. The van der Waals surface area contributed by atoms with E-state index in [2.05, 4.69) is 9.39 Å². The number of rotatable bonds is 4. The molecule has 0 heterocycles. The average Bonchev–Trinajstić information content (AvgIpc) is 1.88. The van der Waals surface area contributed by atoms with Crippen molar-refractivity contribution in [2.24, 2.45) is 0 Å². The van der Waals surface area contributed by atoms with E-state index in [1.807, 2.05) is 18.6 Å². The monoisotopic (exact) mass is 165 g/mol. The first kappa shape index (κ1) is 10.3. The molecule has 0 amide bonds. The summed E-state index contributed by atoms with van der Waals surface area (Å²) in [6.45, 7) is 2.05. The van der Waals surface area contributed by atoms with Crippen molar-refractivity contribution in [2.45, 2.75) is 19.1 Å². The number of aliphatic hydroxyl groups excluding tert-OH is 1. The van der Waals surface area contributed by atoms with Crippen LogP contribution in [0.15, 0.2) is 0 Å². The molecule has 0 aliphatic rings.